The van der Waals surface area contributed by atoms with Gasteiger partial charge in [0.05, 0.1) is 0 Å². The number of hydrogen-bond donors (Lipinski definition) is 1. The van der Waals surface area contributed by atoms with Gasteiger partial charge >= 0.3 is 5.97 Å². The third-order valence-corrected chi connectivity index (χ3v) is 1.57. The van der Waals surface area contributed by atoms with E-state index in [1.807, 2.05) is 30.3 Å². The number of rotatable bonds is 2. The molecule has 0 aliphatic heterocycles. The largest absolute Gasteiger partial charge is 0.478 e. The number of carbonyl (C=O) groups is 1. The lowest BCUT2D eigenvalue weighted by Gasteiger charge is -1.97. The highest BCUT2D eigenvalue weighted by atomic mass is 16.4. The summed E-state index contributed by atoms with van der Waals surface area (Å²) in [6.45, 7) is 1.78. The van der Waals surface area contributed by atoms with Gasteiger partial charge in [-0.05, 0) is 18.1 Å². The molecule has 0 aromatic heterocycles. The minimum Gasteiger partial charge on any atom is -0.478 e. The molecule has 62 valence electrons. The Kier molecular flexibility index (Phi) is 2.64. The average molecular weight is 163 g/mol. The van der Waals surface area contributed by atoms with Crippen LogP contribution in [0, 0.1) is 0 Å². The van der Waals surface area contributed by atoms with E-state index in [0.29, 0.717) is 0 Å². The van der Waals surface area contributed by atoms with Gasteiger partial charge in [0.1, 0.15) is 0 Å². The van der Waals surface area contributed by atoms with Crippen molar-refractivity contribution >= 4 is 11.5 Å². The van der Waals surface area contributed by atoms with Gasteiger partial charge in [-0.1, -0.05) is 30.3 Å². The molecule has 0 aliphatic carbocycles. The predicted octanol–water partition coefficient (Wildman–Crippen LogP) is 2.17. The van der Waals surface area contributed by atoms with Crippen LogP contribution < -0.4 is 0 Å². The Morgan fingerprint density at radius 3 is 2.42 bits per heavy atom. The summed E-state index contributed by atoms with van der Waals surface area (Å²) in [5, 5.41) is 8.47. The van der Waals surface area contributed by atoms with E-state index in [2.05, 4.69) is 0 Å². The highest BCUT2D eigenvalue weighted by Gasteiger charge is 1.95. The summed E-state index contributed by atoms with van der Waals surface area (Å²) in [6.07, 6.45) is 1.20. The van der Waals surface area contributed by atoms with Crippen LogP contribution in [0.4, 0.5) is 0 Å². The van der Waals surface area contributed by atoms with Crippen LogP contribution in [-0.4, -0.2) is 11.1 Å². The normalized spacial score (nSPS) is 11.2. The molecule has 1 rings (SSSR count). The first-order valence-electron chi connectivity index (χ1n) is 3.67. The maximum atomic E-state index is 10.3. The van der Waals surface area contributed by atoms with Gasteiger partial charge in [0.15, 0.2) is 0 Å². The molecule has 0 amide bonds. The van der Waals surface area contributed by atoms with Crippen molar-refractivity contribution in [3.05, 3.63) is 42.0 Å². The second-order valence-electron chi connectivity index (χ2n) is 2.53. The molecule has 0 spiro atoms. The molecule has 0 unspecified atom stereocenters. The van der Waals surface area contributed by atoms with E-state index in [0.717, 1.165) is 11.1 Å². The molecule has 2 heteroatoms. The molecular formula is C10H10O2. The van der Waals surface area contributed by atoms with Crippen LogP contribution in [0.5, 0.6) is 0 Å². The molecule has 2 nitrogen and oxygen atoms in total. The summed E-state index contributed by atoms with van der Waals surface area (Å²) >= 11 is 0. The van der Waals surface area contributed by atoms with E-state index in [1.165, 1.54) is 6.08 Å². The zero-order valence-electron chi connectivity index (χ0n) is 6.82. The van der Waals surface area contributed by atoms with Crippen LogP contribution in [0.15, 0.2) is 36.4 Å². The second kappa shape index (κ2) is 3.72. The lowest BCUT2D eigenvalue weighted by atomic mass is 10.2. The Bertz CT molecular complexity index is 299. The molecule has 0 saturated carbocycles. The molecule has 1 N–H and O–H groups in total. The zero-order valence-corrected chi connectivity index (χ0v) is 6.82. The van der Waals surface area contributed by atoms with Crippen molar-refractivity contribution in [2.24, 2.45) is 0 Å². The molecule has 0 aliphatic rings. The van der Waals surface area contributed by atoms with Crippen molar-refractivity contribution in [3.63, 3.8) is 0 Å². The van der Waals surface area contributed by atoms with Crippen molar-refractivity contribution < 1.29 is 9.90 Å². The van der Waals surface area contributed by atoms with Crippen molar-refractivity contribution in [3.8, 4) is 0 Å². The number of allylic oxidation sites excluding steroid dienone is 1. The maximum absolute atomic E-state index is 10.3. The van der Waals surface area contributed by atoms with E-state index in [4.69, 9.17) is 5.11 Å². The highest BCUT2D eigenvalue weighted by Crippen LogP contribution is 2.11. The lowest BCUT2D eigenvalue weighted by Crippen LogP contribution is -1.89. The fourth-order valence-corrected chi connectivity index (χ4v) is 0.970. The molecular weight excluding hydrogens is 153 g/mol. The summed E-state index contributed by atoms with van der Waals surface area (Å²) in [4.78, 5) is 10.3. The van der Waals surface area contributed by atoms with Gasteiger partial charge in [-0.3, -0.25) is 0 Å². The number of benzene rings is 1. The van der Waals surface area contributed by atoms with Gasteiger partial charge in [0, 0.05) is 6.08 Å². The molecule has 0 fully saturated rings. The Hall–Kier alpha value is -1.57. The van der Waals surface area contributed by atoms with Crippen LogP contribution >= 0.6 is 0 Å². The zero-order chi connectivity index (χ0) is 8.97. The van der Waals surface area contributed by atoms with E-state index < -0.39 is 5.97 Å². The molecule has 0 heterocycles. The van der Waals surface area contributed by atoms with Crippen molar-refractivity contribution in [1.29, 1.82) is 0 Å². The van der Waals surface area contributed by atoms with Crippen LogP contribution in [0.25, 0.3) is 5.57 Å². The minimum absolute atomic E-state index is 0.767. The molecule has 0 atom stereocenters. The Balaban J connectivity index is 2.93. The van der Waals surface area contributed by atoms with Crippen LogP contribution in [0.3, 0.4) is 0 Å². The predicted molar refractivity (Wildman–Crippen MR) is 47.7 cm³/mol. The Labute approximate surface area is 71.2 Å². The molecule has 1 aromatic rings. The number of carboxylic acids is 1. The first kappa shape index (κ1) is 8.53. The average Bonchev–Trinajstić information content (AvgIpc) is 2.05. The maximum Gasteiger partial charge on any atom is 0.328 e. The van der Waals surface area contributed by atoms with E-state index >= 15 is 0 Å². The fraction of sp³-hybridized carbons (Fsp3) is 0.100. The molecule has 0 radical (unpaired) electrons. The SMILES string of the molecule is C/[13C](=C/C(=O)O)c1ccccc1. The second-order valence-corrected chi connectivity index (χ2v) is 2.53. The Morgan fingerprint density at radius 2 is 1.92 bits per heavy atom. The van der Waals surface area contributed by atoms with Gasteiger partial charge in [-0.25, -0.2) is 4.79 Å². The number of aliphatic carboxylic acids is 1. The summed E-state index contributed by atoms with van der Waals surface area (Å²) in [7, 11) is 0. The summed E-state index contributed by atoms with van der Waals surface area (Å²) in [5.74, 6) is -0.906. The van der Waals surface area contributed by atoms with E-state index in [-0.39, 0.29) is 0 Å². The monoisotopic (exact) mass is 163 g/mol. The number of carboxylic acid groups (broad SMARTS) is 1. The third-order valence-electron chi connectivity index (χ3n) is 1.57. The smallest absolute Gasteiger partial charge is 0.328 e. The van der Waals surface area contributed by atoms with Gasteiger partial charge in [-0.15, -0.1) is 0 Å². The molecule has 0 saturated heterocycles. The van der Waals surface area contributed by atoms with Crippen molar-refractivity contribution in [2.45, 2.75) is 6.92 Å². The first-order chi connectivity index (χ1) is 5.70. The standard InChI is InChI=1S/C10H10O2/c1-8(7-10(11)12)9-5-3-2-4-6-9/h2-7H,1H3,(H,11,12)/b8-7-/i8+1. The molecule has 0 bridgehead atoms. The molecule has 1 aromatic carbocycles. The van der Waals surface area contributed by atoms with Gasteiger partial charge in [-0.2, -0.15) is 0 Å². The third kappa shape index (κ3) is 2.23. The number of hydrogen-bond acceptors (Lipinski definition) is 1. The fourth-order valence-electron chi connectivity index (χ4n) is 0.970. The topological polar surface area (TPSA) is 37.3 Å². The molecule has 12 heavy (non-hydrogen) atoms. The lowest BCUT2D eigenvalue weighted by molar-refractivity contribution is -0.131. The summed E-state index contributed by atoms with van der Waals surface area (Å²) < 4.78 is 0. The van der Waals surface area contributed by atoms with Crippen LogP contribution in [0.1, 0.15) is 12.5 Å². The van der Waals surface area contributed by atoms with E-state index in [1.54, 1.807) is 6.92 Å². The van der Waals surface area contributed by atoms with Gasteiger partial charge < -0.3 is 5.11 Å². The van der Waals surface area contributed by atoms with Crippen molar-refractivity contribution in [1.82, 2.24) is 0 Å². The van der Waals surface area contributed by atoms with Crippen LogP contribution in [0.2, 0.25) is 0 Å². The van der Waals surface area contributed by atoms with Crippen LogP contribution in [-0.2, 0) is 4.79 Å². The highest BCUT2D eigenvalue weighted by molar-refractivity contribution is 5.89. The minimum atomic E-state index is -0.906. The van der Waals surface area contributed by atoms with E-state index in [9.17, 15) is 4.79 Å². The summed E-state index contributed by atoms with van der Waals surface area (Å²) in [6, 6.07) is 9.43. The quantitative estimate of drug-likeness (QED) is 0.536. The van der Waals surface area contributed by atoms with Crippen molar-refractivity contribution in [2.75, 3.05) is 0 Å². The Morgan fingerprint density at radius 1 is 1.33 bits per heavy atom. The first-order valence-corrected chi connectivity index (χ1v) is 3.67. The van der Waals surface area contributed by atoms with Gasteiger partial charge in [0.2, 0.25) is 0 Å². The van der Waals surface area contributed by atoms with Gasteiger partial charge in [0.25, 0.3) is 0 Å². The summed E-state index contributed by atoms with van der Waals surface area (Å²) in [5.41, 5.74) is 1.71.